The quantitative estimate of drug-likeness (QED) is 0.567. The van der Waals surface area contributed by atoms with Crippen LogP contribution in [-0.4, -0.2) is 10.9 Å². The Morgan fingerprint density at radius 2 is 2.07 bits per heavy atom. The Kier molecular flexibility index (Phi) is 2.21. The van der Waals surface area contributed by atoms with Crippen LogP contribution in [0.1, 0.15) is 13.3 Å². The van der Waals surface area contributed by atoms with Gasteiger partial charge in [-0.1, -0.05) is 18.2 Å². The molecule has 74 valence electrons. The molecule has 1 heterocycles. The zero-order valence-electron chi connectivity index (χ0n) is 7.83. The van der Waals surface area contributed by atoms with E-state index in [2.05, 4.69) is 5.43 Å². The predicted molar refractivity (Wildman–Crippen MR) is 55.9 cm³/mol. The van der Waals surface area contributed by atoms with Crippen molar-refractivity contribution in [3.8, 4) is 0 Å². The molecule has 0 radical (unpaired) electrons. The summed E-state index contributed by atoms with van der Waals surface area (Å²) in [5.74, 6) is -0.00583. The molecule has 1 saturated heterocycles. The predicted octanol–water partition coefficient (Wildman–Crippen LogP) is 1.88. The third-order valence-corrected chi connectivity index (χ3v) is 2.31. The number of para-hydroxylation sites is 1. The molecular formula is C10H11ClN2O. The smallest absolute Gasteiger partial charge is 0.244 e. The molecule has 0 saturated carbocycles. The fourth-order valence-electron chi connectivity index (χ4n) is 1.48. The van der Waals surface area contributed by atoms with E-state index in [0.29, 0.717) is 6.42 Å². The van der Waals surface area contributed by atoms with Crippen molar-refractivity contribution < 1.29 is 4.79 Å². The van der Waals surface area contributed by atoms with E-state index in [1.165, 1.54) is 5.01 Å². The van der Waals surface area contributed by atoms with Gasteiger partial charge in [0.1, 0.15) is 5.00 Å². The van der Waals surface area contributed by atoms with Gasteiger partial charge in [-0.05, 0) is 19.1 Å². The van der Waals surface area contributed by atoms with E-state index in [1.807, 2.05) is 30.3 Å². The van der Waals surface area contributed by atoms with E-state index in [-0.39, 0.29) is 5.91 Å². The summed E-state index contributed by atoms with van der Waals surface area (Å²) >= 11 is 6.03. The number of benzene rings is 1. The molecule has 4 heteroatoms. The Balaban J connectivity index is 2.26. The molecule has 14 heavy (non-hydrogen) atoms. The van der Waals surface area contributed by atoms with Crippen molar-refractivity contribution >= 4 is 23.2 Å². The lowest BCUT2D eigenvalue weighted by Gasteiger charge is -2.19. The number of amides is 1. The van der Waals surface area contributed by atoms with Gasteiger partial charge in [0.2, 0.25) is 5.91 Å². The van der Waals surface area contributed by atoms with Crippen LogP contribution in [0.2, 0.25) is 0 Å². The topological polar surface area (TPSA) is 32.3 Å². The number of nitrogens with zero attached hydrogens (tertiary/aromatic N) is 1. The van der Waals surface area contributed by atoms with Crippen LogP contribution in [0.4, 0.5) is 5.69 Å². The molecule has 2 rings (SSSR count). The van der Waals surface area contributed by atoms with E-state index in [0.717, 1.165) is 5.69 Å². The number of nitrogens with one attached hydrogen (secondary N) is 1. The molecule has 0 spiro atoms. The summed E-state index contributed by atoms with van der Waals surface area (Å²) in [5, 5.41) is 1.49. The summed E-state index contributed by atoms with van der Waals surface area (Å²) in [4.78, 5) is 10.9. The second kappa shape index (κ2) is 3.26. The van der Waals surface area contributed by atoms with E-state index >= 15 is 0 Å². The highest BCUT2D eigenvalue weighted by atomic mass is 35.5. The van der Waals surface area contributed by atoms with Gasteiger partial charge < -0.3 is 0 Å². The molecule has 1 atom stereocenters. The van der Waals surface area contributed by atoms with Crippen LogP contribution < -0.4 is 10.4 Å². The average Bonchev–Trinajstić information content (AvgIpc) is 2.41. The van der Waals surface area contributed by atoms with Gasteiger partial charge in [0, 0.05) is 0 Å². The first-order valence-corrected chi connectivity index (χ1v) is 4.81. The van der Waals surface area contributed by atoms with E-state index in [4.69, 9.17) is 11.6 Å². The molecule has 0 aliphatic carbocycles. The molecule has 1 fully saturated rings. The van der Waals surface area contributed by atoms with Crippen molar-refractivity contribution in [3.05, 3.63) is 30.3 Å². The number of hydrogen-bond donors (Lipinski definition) is 1. The molecule has 0 bridgehead atoms. The van der Waals surface area contributed by atoms with Gasteiger partial charge in [0.15, 0.2) is 0 Å². The molecule has 3 nitrogen and oxygen atoms in total. The summed E-state index contributed by atoms with van der Waals surface area (Å²) in [6, 6.07) is 9.40. The minimum absolute atomic E-state index is 0.00583. The number of alkyl halides is 1. The summed E-state index contributed by atoms with van der Waals surface area (Å²) < 4.78 is 0. The number of hydrogen-bond acceptors (Lipinski definition) is 2. The third kappa shape index (κ3) is 1.74. The third-order valence-electron chi connectivity index (χ3n) is 2.09. The lowest BCUT2D eigenvalue weighted by Crippen LogP contribution is -2.41. The lowest BCUT2D eigenvalue weighted by molar-refractivity contribution is -0.117. The monoisotopic (exact) mass is 210 g/mol. The number of rotatable bonds is 1. The van der Waals surface area contributed by atoms with Gasteiger partial charge in [0.05, 0.1) is 12.1 Å². The SMILES string of the molecule is CC1(Cl)CC(=O)N(c2ccccc2)N1. The largest absolute Gasteiger partial charge is 0.273 e. The molecule has 0 aromatic heterocycles. The van der Waals surface area contributed by atoms with Gasteiger partial charge in [0.25, 0.3) is 0 Å². The van der Waals surface area contributed by atoms with Crippen molar-refractivity contribution in [2.24, 2.45) is 0 Å². The molecule has 1 N–H and O–H groups in total. The Morgan fingerprint density at radius 3 is 2.57 bits per heavy atom. The molecule has 1 amide bonds. The van der Waals surface area contributed by atoms with E-state index < -0.39 is 5.00 Å². The van der Waals surface area contributed by atoms with Crippen molar-refractivity contribution in [2.45, 2.75) is 18.3 Å². The minimum Gasteiger partial charge on any atom is -0.273 e. The van der Waals surface area contributed by atoms with Crippen molar-refractivity contribution in [2.75, 3.05) is 5.01 Å². The van der Waals surface area contributed by atoms with E-state index in [1.54, 1.807) is 6.92 Å². The second-order valence-corrected chi connectivity index (χ2v) is 4.38. The standard InChI is InChI=1S/C10H11ClN2O/c1-10(11)7-9(14)13(12-10)8-5-3-2-4-6-8/h2-6,12H,7H2,1H3. The molecular weight excluding hydrogens is 200 g/mol. The van der Waals surface area contributed by atoms with Gasteiger partial charge in [-0.2, -0.15) is 0 Å². The van der Waals surface area contributed by atoms with Gasteiger partial charge in [-0.25, -0.2) is 10.4 Å². The molecule has 1 aromatic rings. The maximum absolute atomic E-state index is 11.6. The Labute approximate surface area is 87.6 Å². The van der Waals surface area contributed by atoms with Crippen LogP contribution in [0.25, 0.3) is 0 Å². The normalized spacial score (nSPS) is 27.0. The summed E-state index contributed by atoms with van der Waals surface area (Å²) in [6.45, 7) is 1.79. The Morgan fingerprint density at radius 1 is 1.43 bits per heavy atom. The maximum Gasteiger partial charge on any atom is 0.244 e. The van der Waals surface area contributed by atoms with Crippen LogP contribution in [0.15, 0.2) is 30.3 Å². The van der Waals surface area contributed by atoms with Crippen LogP contribution >= 0.6 is 11.6 Å². The van der Waals surface area contributed by atoms with Crippen molar-refractivity contribution in [1.29, 1.82) is 0 Å². The number of carbonyl (C=O) groups is 1. The molecule has 1 aliphatic rings. The average molecular weight is 211 g/mol. The summed E-state index contributed by atoms with van der Waals surface area (Å²) in [6.07, 6.45) is 0.309. The summed E-state index contributed by atoms with van der Waals surface area (Å²) in [7, 11) is 0. The minimum atomic E-state index is -0.660. The van der Waals surface area contributed by atoms with Crippen LogP contribution in [0, 0.1) is 0 Å². The molecule has 1 aromatic carbocycles. The Hall–Kier alpha value is -1.06. The molecule has 1 unspecified atom stereocenters. The highest BCUT2D eigenvalue weighted by molar-refractivity contribution is 6.26. The summed E-state index contributed by atoms with van der Waals surface area (Å²) in [5.41, 5.74) is 3.77. The van der Waals surface area contributed by atoms with Crippen molar-refractivity contribution in [1.82, 2.24) is 5.43 Å². The number of anilines is 1. The first kappa shape index (κ1) is 9.49. The van der Waals surface area contributed by atoms with Crippen molar-refractivity contribution in [3.63, 3.8) is 0 Å². The highest BCUT2D eigenvalue weighted by Gasteiger charge is 2.37. The Bertz CT molecular complexity index is 350. The number of hydrazine groups is 1. The highest BCUT2D eigenvalue weighted by Crippen LogP contribution is 2.27. The zero-order chi connectivity index (χ0) is 10.2. The van der Waals surface area contributed by atoms with Gasteiger partial charge in [-0.3, -0.25) is 4.79 Å². The first-order valence-electron chi connectivity index (χ1n) is 4.43. The van der Waals surface area contributed by atoms with Gasteiger partial charge in [-0.15, -0.1) is 11.6 Å². The molecule has 1 aliphatic heterocycles. The fourth-order valence-corrected chi connectivity index (χ4v) is 1.68. The number of halogens is 1. The number of carbonyl (C=O) groups excluding carboxylic acids is 1. The van der Waals surface area contributed by atoms with Crippen LogP contribution in [0.3, 0.4) is 0 Å². The van der Waals surface area contributed by atoms with E-state index in [9.17, 15) is 4.79 Å². The van der Waals surface area contributed by atoms with Gasteiger partial charge >= 0.3 is 0 Å². The van der Waals surface area contributed by atoms with Crippen LogP contribution in [-0.2, 0) is 4.79 Å². The maximum atomic E-state index is 11.6. The van der Waals surface area contributed by atoms with Crippen LogP contribution in [0.5, 0.6) is 0 Å². The fraction of sp³-hybridized carbons (Fsp3) is 0.300. The zero-order valence-corrected chi connectivity index (χ0v) is 8.58. The first-order chi connectivity index (χ1) is 6.58. The second-order valence-electron chi connectivity index (χ2n) is 3.55. The lowest BCUT2D eigenvalue weighted by atomic mass is 10.2.